The zero-order valence-corrected chi connectivity index (χ0v) is 19.9. The normalized spacial score (nSPS) is 13.1. The number of hydrogen-bond acceptors (Lipinski definition) is 6. The molecule has 0 saturated carbocycles. The van der Waals surface area contributed by atoms with E-state index in [0.29, 0.717) is 16.9 Å². The topological polar surface area (TPSA) is 123 Å². The fraction of sp³-hybridized carbons (Fsp3) is 0.308. The van der Waals surface area contributed by atoms with Gasteiger partial charge in [0.05, 0.1) is 7.11 Å². The highest BCUT2D eigenvalue weighted by atomic mass is 16.5. The lowest BCUT2D eigenvalue weighted by Gasteiger charge is -2.18. The number of esters is 1. The van der Waals surface area contributed by atoms with Gasteiger partial charge in [0, 0.05) is 23.0 Å². The first-order chi connectivity index (χ1) is 16.8. The molecule has 2 aromatic carbocycles. The molecule has 1 aliphatic rings. The number of anilines is 2. The zero-order chi connectivity index (χ0) is 24.9. The third-order valence-electron chi connectivity index (χ3n) is 5.94. The zero-order valence-electron chi connectivity index (χ0n) is 19.9. The molecule has 1 aromatic heterocycles. The molecule has 1 atom stereocenters. The first kappa shape index (κ1) is 24.0. The second-order valence-electron chi connectivity index (χ2n) is 8.79. The van der Waals surface area contributed by atoms with E-state index in [1.54, 1.807) is 38.1 Å². The Kier molecular flexibility index (Phi) is 7.14. The Bertz CT molecular complexity index is 1230. The highest BCUT2D eigenvalue weighted by molar-refractivity contribution is 6.00. The van der Waals surface area contributed by atoms with Gasteiger partial charge in [-0.3, -0.25) is 4.79 Å². The molecule has 1 heterocycles. The minimum Gasteiger partial charge on any atom is -0.467 e. The van der Waals surface area contributed by atoms with E-state index >= 15 is 0 Å². The fourth-order valence-electron chi connectivity index (χ4n) is 4.02. The molecule has 0 saturated heterocycles. The molecule has 182 valence electrons. The van der Waals surface area contributed by atoms with Crippen LogP contribution in [0.2, 0.25) is 0 Å². The Balaban J connectivity index is 1.36. The predicted molar refractivity (Wildman–Crippen MR) is 131 cm³/mol. The summed E-state index contributed by atoms with van der Waals surface area (Å²) in [5.41, 5.74) is 5.15. The Morgan fingerprint density at radius 2 is 1.63 bits per heavy atom. The van der Waals surface area contributed by atoms with Gasteiger partial charge in [-0.2, -0.15) is 0 Å². The Hall–Kier alpha value is -4.14. The summed E-state index contributed by atoms with van der Waals surface area (Å²) in [6, 6.07) is 13.4. The van der Waals surface area contributed by atoms with Crippen molar-refractivity contribution in [1.82, 2.24) is 10.5 Å². The minimum absolute atomic E-state index is 0.0227. The van der Waals surface area contributed by atoms with E-state index in [1.165, 1.54) is 24.3 Å². The number of benzene rings is 2. The van der Waals surface area contributed by atoms with Crippen molar-refractivity contribution in [2.45, 2.75) is 39.2 Å². The van der Waals surface area contributed by atoms with Crippen LogP contribution in [0.4, 0.5) is 16.2 Å². The lowest BCUT2D eigenvalue weighted by molar-refractivity contribution is -0.144. The Morgan fingerprint density at radius 1 is 0.943 bits per heavy atom. The maximum atomic E-state index is 12.5. The number of aromatic nitrogens is 1. The molecule has 35 heavy (non-hydrogen) atoms. The largest absolute Gasteiger partial charge is 0.467 e. The Morgan fingerprint density at radius 3 is 2.34 bits per heavy atom. The number of fused-ring (bicyclic) bond motifs is 1. The van der Waals surface area contributed by atoms with Crippen LogP contribution in [0.1, 0.15) is 41.9 Å². The van der Waals surface area contributed by atoms with Gasteiger partial charge in [0.25, 0.3) is 5.91 Å². The molecule has 3 N–H and O–H groups in total. The molecule has 0 fully saturated rings. The number of ether oxygens (including phenoxy) is 1. The van der Waals surface area contributed by atoms with E-state index in [-0.39, 0.29) is 17.7 Å². The number of nitrogens with one attached hydrogen (secondary N) is 3. The molecule has 0 aliphatic heterocycles. The summed E-state index contributed by atoms with van der Waals surface area (Å²) >= 11 is 0. The summed E-state index contributed by atoms with van der Waals surface area (Å²) in [6.45, 7) is 3.60. The summed E-state index contributed by atoms with van der Waals surface area (Å²) in [5.74, 6) is -1.27. The molecule has 3 aromatic rings. The Labute approximate surface area is 203 Å². The van der Waals surface area contributed by atoms with Crippen LogP contribution in [0.3, 0.4) is 0 Å². The van der Waals surface area contributed by atoms with Crippen molar-refractivity contribution in [1.29, 1.82) is 0 Å². The van der Waals surface area contributed by atoms with Crippen LogP contribution in [-0.4, -0.2) is 36.2 Å². The number of urea groups is 1. The van der Waals surface area contributed by atoms with Crippen molar-refractivity contribution >= 4 is 29.3 Å². The van der Waals surface area contributed by atoms with Crippen molar-refractivity contribution in [2.75, 3.05) is 17.7 Å². The number of methoxy groups -OCH3 is 1. The quantitative estimate of drug-likeness (QED) is 0.435. The number of aryl methyl sites for hydroxylation is 2. The highest BCUT2D eigenvalue weighted by Crippen LogP contribution is 2.25. The number of carbonyl (C=O) groups excluding carboxylic acids is 3. The molecule has 0 radical (unpaired) electrons. The molecule has 0 unspecified atom stereocenters. The first-order valence-electron chi connectivity index (χ1n) is 11.5. The number of carbonyl (C=O) groups is 3. The summed E-state index contributed by atoms with van der Waals surface area (Å²) in [5, 5.41) is 12.2. The number of nitrogens with zero attached hydrogens (tertiary/aromatic N) is 1. The van der Waals surface area contributed by atoms with Gasteiger partial charge >= 0.3 is 12.0 Å². The van der Waals surface area contributed by atoms with Gasteiger partial charge in [-0.25, -0.2) is 9.59 Å². The number of hydrogen-bond donors (Lipinski definition) is 3. The summed E-state index contributed by atoms with van der Waals surface area (Å²) in [6.07, 6.45) is 3.29. The van der Waals surface area contributed by atoms with Crippen LogP contribution in [0.5, 0.6) is 0 Å². The van der Waals surface area contributed by atoms with E-state index in [4.69, 9.17) is 9.26 Å². The molecule has 3 amide bonds. The lowest BCUT2D eigenvalue weighted by atomic mass is 10.0. The van der Waals surface area contributed by atoms with Crippen LogP contribution >= 0.6 is 0 Å². The van der Waals surface area contributed by atoms with Gasteiger partial charge in [0.15, 0.2) is 0 Å². The maximum Gasteiger partial charge on any atom is 0.328 e. The monoisotopic (exact) mass is 476 g/mol. The van der Waals surface area contributed by atoms with E-state index in [2.05, 4.69) is 27.2 Å². The van der Waals surface area contributed by atoms with Gasteiger partial charge < -0.3 is 25.2 Å². The van der Waals surface area contributed by atoms with Crippen LogP contribution in [-0.2, 0) is 22.4 Å². The van der Waals surface area contributed by atoms with Crippen molar-refractivity contribution in [3.05, 3.63) is 65.4 Å². The van der Waals surface area contributed by atoms with Gasteiger partial charge in [-0.1, -0.05) is 37.2 Å². The predicted octanol–water partition coefficient (Wildman–Crippen LogP) is 4.40. The molecular weight excluding hydrogens is 448 g/mol. The van der Waals surface area contributed by atoms with Crippen molar-refractivity contribution < 1.29 is 23.6 Å². The second-order valence-corrected chi connectivity index (χ2v) is 8.79. The van der Waals surface area contributed by atoms with Gasteiger partial charge in [0.2, 0.25) is 5.76 Å². The van der Waals surface area contributed by atoms with Crippen molar-refractivity contribution in [2.24, 2.45) is 5.92 Å². The first-order valence-corrected chi connectivity index (χ1v) is 11.5. The fourth-order valence-corrected chi connectivity index (χ4v) is 4.02. The van der Waals surface area contributed by atoms with E-state index < -0.39 is 17.9 Å². The lowest BCUT2D eigenvalue weighted by Crippen LogP contribution is -2.44. The molecule has 4 rings (SSSR count). The van der Waals surface area contributed by atoms with Crippen molar-refractivity contribution in [3.63, 3.8) is 0 Å². The van der Waals surface area contributed by atoms with E-state index in [1.807, 2.05) is 12.1 Å². The maximum absolute atomic E-state index is 12.5. The standard InChI is InChI=1S/C26H28N4O5/c1-15(2)23(25(32)34-3)29-24(31)22-14-21(30-35-22)17-8-10-19(11-9-17)27-26(33)28-20-12-7-16-5-4-6-18(16)13-20/h7-15,23H,4-6H2,1-3H3,(H,29,31)(H2,27,28,33)/t23-/m0/s1. The minimum atomic E-state index is -0.797. The van der Waals surface area contributed by atoms with Crippen molar-refractivity contribution in [3.8, 4) is 11.3 Å². The molecule has 0 bridgehead atoms. The SMILES string of the molecule is COC(=O)[C@@H](NC(=O)c1cc(-c2ccc(NC(=O)Nc3ccc4c(c3)CCC4)cc2)no1)C(C)C. The van der Waals surface area contributed by atoms with Gasteiger partial charge in [-0.15, -0.1) is 0 Å². The van der Waals surface area contributed by atoms with Crippen LogP contribution in [0, 0.1) is 5.92 Å². The molecule has 0 spiro atoms. The van der Waals surface area contributed by atoms with E-state index in [9.17, 15) is 14.4 Å². The third kappa shape index (κ3) is 5.68. The molecule has 1 aliphatic carbocycles. The molecule has 9 heteroatoms. The summed E-state index contributed by atoms with van der Waals surface area (Å²) in [4.78, 5) is 36.8. The molecule has 9 nitrogen and oxygen atoms in total. The van der Waals surface area contributed by atoms with Crippen LogP contribution in [0.25, 0.3) is 11.3 Å². The summed E-state index contributed by atoms with van der Waals surface area (Å²) in [7, 11) is 1.27. The smallest absolute Gasteiger partial charge is 0.328 e. The number of amides is 3. The molecular formula is C26H28N4O5. The summed E-state index contributed by atoms with van der Waals surface area (Å²) < 4.78 is 9.91. The van der Waals surface area contributed by atoms with E-state index in [0.717, 1.165) is 24.9 Å². The van der Waals surface area contributed by atoms with Crippen LogP contribution < -0.4 is 16.0 Å². The van der Waals surface area contributed by atoms with Gasteiger partial charge in [0.1, 0.15) is 11.7 Å². The average molecular weight is 477 g/mol. The third-order valence-corrected chi connectivity index (χ3v) is 5.94. The average Bonchev–Trinajstić information content (AvgIpc) is 3.52. The van der Waals surface area contributed by atoms with Gasteiger partial charge in [-0.05, 0) is 60.6 Å². The second kappa shape index (κ2) is 10.4. The highest BCUT2D eigenvalue weighted by Gasteiger charge is 2.27. The van der Waals surface area contributed by atoms with Crippen LogP contribution in [0.15, 0.2) is 53.1 Å². The number of rotatable bonds is 7.